The van der Waals surface area contributed by atoms with Crippen LogP contribution < -0.4 is 11.2 Å². The van der Waals surface area contributed by atoms with E-state index in [4.69, 9.17) is 15.3 Å². The number of hydrogen-bond donors (Lipinski definition) is 2. The Morgan fingerprint density at radius 3 is 3.05 bits per heavy atom. The van der Waals surface area contributed by atoms with E-state index in [1.807, 2.05) is 0 Å². The number of anilines is 1. The molecule has 0 spiro atoms. The number of rotatable bonds is 5. The molecule has 0 saturated carbocycles. The molecule has 1 aromatic heterocycles. The minimum atomic E-state index is -0.558. The fourth-order valence-electron chi connectivity index (χ4n) is 2.42. The topological polar surface area (TPSA) is 104 Å². The molecule has 1 aliphatic heterocycles. The first-order valence-electron chi connectivity index (χ1n) is 7.45. The first-order chi connectivity index (χ1) is 10.6. The van der Waals surface area contributed by atoms with Crippen molar-refractivity contribution in [3.63, 3.8) is 0 Å². The Kier molecular flexibility index (Phi) is 5.71. The zero-order chi connectivity index (χ0) is 15.9. The zero-order valence-electron chi connectivity index (χ0n) is 12.6. The summed E-state index contributed by atoms with van der Waals surface area (Å²) in [5.41, 5.74) is 8.29. The van der Waals surface area contributed by atoms with Gasteiger partial charge in [0.15, 0.2) is 0 Å². The average Bonchev–Trinajstić information content (AvgIpc) is 2.98. The van der Waals surface area contributed by atoms with Gasteiger partial charge in [-0.3, -0.25) is 9.78 Å². The molecule has 1 aromatic rings. The molecule has 1 saturated heterocycles. The first kappa shape index (κ1) is 16.2. The van der Waals surface area contributed by atoms with E-state index in [0.717, 1.165) is 19.3 Å². The Morgan fingerprint density at radius 2 is 2.32 bits per heavy atom. The van der Waals surface area contributed by atoms with Crippen LogP contribution in [0.3, 0.4) is 0 Å². The quantitative estimate of drug-likeness (QED) is 0.798. The van der Waals surface area contributed by atoms with Gasteiger partial charge >= 0.3 is 5.97 Å². The highest BCUT2D eigenvalue weighted by Crippen LogP contribution is 2.26. The number of aromatic nitrogens is 1. The summed E-state index contributed by atoms with van der Waals surface area (Å²) in [6.45, 7) is 2.63. The molecule has 2 atom stereocenters. The second-order valence-corrected chi connectivity index (χ2v) is 5.31. The molecule has 2 heterocycles. The number of nitrogens with two attached hydrogens (primary N) is 1. The van der Waals surface area contributed by atoms with E-state index in [9.17, 15) is 9.59 Å². The van der Waals surface area contributed by atoms with Crippen LogP contribution in [0.2, 0.25) is 0 Å². The van der Waals surface area contributed by atoms with Crippen LogP contribution >= 0.6 is 0 Å². The van der Waals surface area contributed by atoms with Crippen LogP contribution in [-0.4, -0.2) is 29.6 Å². The Bertz CT molecular complexity index is 535. The van der Waals surface area contributed by atoms with Gasteiger partial charge in [-0.15, -0.1) is 0 Å². The number of hydroxylamine groups is 1. The lowest BCUT2D eigenvalue weighted by molar-refractivity contribution is -0.156. The maximum Gasteiger partial charge on any atom is 0.337 e. The number of nitrogen functional groups attached to an aromatic ring is 1. The van der Waals surface area contributed by atoms with Gasteiger partial charge in [-0.25, -0.2) is 4.79 Å². The first-order valence-corrected chi connectivity index (χ1v) is 7.45. The molecular weight excluding hydrogens is 286 g/mol. The van der Waals surface area contributed by atoms with Crippen molar-refractivity contribution in [2.45, 2.75) is 38.7 Å². The molecule has 0 aromatic carbocycles. The smallest absolute Gasteiger partial charge is 0.337 e. The van der Waals surface area contributed by atoms with Gasteiger partial charge in [-0.1, -0.05) is 19.8 Å². The average molecular weight is 307 g/mol. The number of ether oxygens (including phenoxy) is 1. The van der Waals surface area contributed by atoms with Crippen LogP contribution in [0, 0.1) is 5.92 Å². The van der Waals surface area contributed by atoms with Crippen molar-refractivity contribution in [1.82, 2.24) is 10.5 Å². The second-order valence-electron chi connectivity index (χ2n) is 5.31. The minimum Gasteiger partial charge on any atom is -0.397 e. The van der Waals surface area contributed by atoms with E-state index >= 15 is 0 Å². The molecule has 1 fully saturated rings. The van der Waals surface area contributed by atoms with E-state index in [1.165, 1.54) is 18.5 Å². The SMILES string of the molecule is CCCCC1OCC[C@@H]1C(=O)ONC(=O)c1cncc(N)c1. The van der Waals surface area contributed by atoms with E-state index in [2.05, 4.69) is 17.4 Å². The molecule has 1 unspecified atom stereocenters. The summed E-state index contributed by atoms with van der Waals surface area (Å²) in [6.07, 6.45) is 6.13. The van der Waals surface area contributed by atoms with Crippen molar-refractivity contribution in [3.05, 3.63) is 24.0 Å². The van der Waals surface area contributed by atoms with Crippen LogP contribution in [0.1, 0.15) is 43.0 Å². The largest absolute Gasteiger partial charge is 0.397 e. The van der Waals surface area contributed by atoms with Crippen LogP contribution in [0.25, 0.3) is 0 Å². The van der Waals surface area contributed by atoms with Crippen LogP contribution in [-0.2, 0) is 14.4 Å². The zero-order valence-corrected chi connectivity index (χ0v) is 12.6. The minimum absolute atomic E-state index is 0.126. The molecule has 0 radical (unpaired) electrons. The standard InChI is InChI=1S/C15H21N3O4/c1-2-3-4-13-12(5-6-21-13)15(20)22-18-14(19)10-7-11(16)9-17-8-10/h7-9,12-13H,2-6,16H2,1H3,(H,18,19)/t12-,13?/m0/s1. The van der Waals surface area contributed by atoms with Crippen molar-refractivity contribution in [1.29, 1.82) is 0 Å². The summed E-state index contributed by atoms with van der Waals surface area (Å²) in [7, 11) is 0. The third-order valence-corrected chi connectivity index (χ3v) is 3.62. The Morgan fingerprint density at radius 1 is 1.50 bits per heavy atom. The summed E-state index contributed by atoms with van der Waals surface area (Å²) < 4.78 is 5.56. The number of carbonyl (C=O) groups excluding carboxylic acids is 2. The Labute approximate surface area is 129 Å². The fraction of sp³-hybridized carbons (Fsp3) is 0.533. The molecule has 1 amide bonds. The number of nitrogens with one attached hydrogen (secondary N) is 1. The number of nitrogens with zero attached hydrogens (tertiary/aromatic N) is 1. The predicted molar refractivity (Wildman–Crippen MR) is 79.6 cm³/mol. The molecule has 2 rings (SSSR count). The lowest BCUT2D eigenvalue weighted by Gasteiger charge is -2.16. The highest BCUT2D eigenvalue weighted by molar-refractivity contribution is 5.94. The van der Waals surface area contributed by atoms with Gasteiger partial charge in [-0.2, -0.15) is 5.48 Å². The molecule has 0 bridgehead atoms. The van der Waals surface area contributed by atoms with Crippen molar-refractivity contribution in [2.75, 3.05) is 12.3 Å². The third-order valence-electron chi connectivity index (χ3n) is 3.62. The summed E-state index contributed by atoms with van der Waals surface area (Å²) >= 11 is 0. The molecule has 22 heavy (non-hydrogen) atoms. The summed E-state index contributed by atoms with van der Waals surface area (Å²) in [5.74, 6) is -1.35. The van der Waals surface area contributed by atoms with E-state index in [-0.39, 0.29) is 17.6 Å². The third kappa shape index (κ3) is 4.17. The van der Waals surface area contributed by atoms with E-state index in [1.54, 1.807) is 0 Å². The lowest BCUT2D eigenvalue weighted by atomic mass is 9.97. The number of carbonyl (C=O) groups is 2. The number of hydrogen-bond acceptors (Lipinski definition) is 6. The van der Waals surface area contributed by atoms with Crippen molar-refractivity contribution >= 4 is 17.6 Å². The second kappa shape index (κ2) is 7.74. The Hall–Kier alpha value is -2.15. The highest BCUT2D eigenvalue weighted by Gasteiger charge is 2.35. The Balaban J connectivity index is 1.85. The summed E-state index contributed by atoms with van der Waals surface area (Å²) in [4.78, 5) is 32.6. The maximum atomic E-state index is 12.1. The van der Waals surface area contributed by atoms with Gasteiger partial charge < -0.3 is 15.3 Å². The molecule has 7 nitrogen and oxygen atoms in total. The lowest BCUT2D eigenvalue weighted by Crippen LogP contribution is -2.33. The number of unbranched alkanes of at least 4 members (excludes halogenated alkanes) is 1. The monoisotopic (exact) mass is 307 g/mol. The van der Waals surface area contributed by atoms with Gasteiger partial charge in [0.25, 0.3) is 5.91 Å². The van der Waals surface area contributed by atoms with Crippen molar-refractivity contribution in [2.24, 2.45) is 5.92 Å². The highest BCUT2D eigenvalue weighted by atomic mass is 16.7. The van der Waals surface area contributed by atoms with Crippen molar-refractivity contribution in [3.8, 4) is 0 Å². The number of pyridine rings is 1. The van der Waals surface area contributed by atoms with E-state index in [0.29, 0.717) is 18.7 Å². The summed E-state index contributed by atoms with van der Waals surface area (Å²) in [6, 6.07) is 1.46. The molecule has 7 heteroatoms. The molecule has 120 valence electrons. The van der Waals surface area contributed by atoms with Gasteiger partial charge in [0.05, 0.1) is 23.3 Å². The fourth-order valence-corrected chi connectivity index (χ4v) is 2.42. The van der Waals surface area contributed by atoms with Gasteiger partial charge in [0.2, 0.25) is 0 Å². The number of amides is 1. The van der Waals surface area contributed by atoms with Crippen LogP contribution in [0.5, 0.6) is 0 Å². The summed E-state index contributed by atoms with van der Waals surface area (Å²) in [5, 5.41) is 0. The van der Waals surface area contributed by atoms with E-state index < -0.39 is 11.9 Å². The molecular formula is C15H21N3O4. The van der Waals surface area contributed by atoms with Crippen LogP contribution in [0.15, 0.2) is 18.5 Å². The normalized spacial score (nSPS) is 20.6. The van der Waals surface area contributed by atoms with Crippen LogP contribution in [0.4, 0.5) is 5.69 Å². The van der Waals surface area contributed by atoms with Crippen molar-refractivity contribution < 1.29 is 19.2 Å². The van der Waals surface area contributed by atoms with Gasteiger partial charge in [0, 0.05) is 19.0 Å². The molecule has 0 aliphatic carbocycles. The maximum absolute atomic E-state index is 12.1. The molecule has 1 aliphatic rings. The van der Waals surface area contributed by atoms with Gasteiger partial charge in [-0.05, 0) is 18.9 Å². The predicted octanol–water partition coefficient (Wildman–Crippen LogP) is 1.45. The molecule has 3 N–H and O–H groups in total. The van der Waals surface area contributed by atoms with Gasteiger partial charge in [0.1, 0.15) is 0 Å².